The number of fused-ring (bicyclic) bond motifs is 1. The molecule has 60 valence electrons. The van der Waals surface area contributed by atoms with Crippen LogP contribution in [0.2, 0.25) is 0 Å². The zero-order chi connectivity index (χ0) is 7.84. The number of aliphatic hydroxyl groups is 1. The third-order valence-electron chi connectivity index (χ3n) is 1.66. The number of rotatable bonds is 0. The summed E-state index contributed by atoms with van der Waals surface area (Å²) in [6.45, 7) is 0. The zero-order valence-corrected chi connectivity index (χ0v) is 9.45. The summed E-state index contributed by atoms with van der Waals surface area (Å²) in [4.78, 5) is 0. The van der Waals surface area contributed by atoms with Gasteiger partial charge in [0.15, 0.2) is 0 Å². The van der Waals surface area contributed by atoms with Crippen LogP contribution in [-0.2, 0) is 0 Å². The number of hydrogen-bond acceptors (Lipinski definition) is 3. The first-order valence-electron chi connectivity index (χ1n) is 3.33. The van der Waals surface area contributed by atoms with Gasteiger partial charge in [0.05, 0.1) is 13.6 Å². The summed E-state index contributed by atoms with van der Waals surface area (Å²) < 4.78 is 1.83. The average molecular weight is 298 g/mol. The molecular formula is C7H7IOS2. The average Bonchev–Trinajstić information content (AvgIpc) is 2.34. The molecule has 0 aliphatic carbocycles. The van der Waals surface area contributed by atoms with Crippen molar-refractivity contribution in [3.05, 3.63) is 17.0 Å². The third kappa shape index (κ3) is 1.59. The van der Waals surface area contributed by atoms with Crippen LogP contribution in [0.1, 0.15) is 18.1 Å². The van der Waals surface area contributed by atoms with Gasteiger partial charge < -0.3 is 5.11 Å². The van der Waals surface area contributed by atoms with E-state index >= 15 is 0 Å². The fraction of sp³-hybridized carbons (Fsp3) is 0.429. The van der Waals surface area contributed by atoms with E-state index < -0.39 is 0 Å². The predicted molar refractivity (Wildman–Crippen MR) is 57.6 cm³/mol. The van der Waals surface area contributed by atoms with Crippen molar-refractivity contribution in [3.8, 4) is 0 Å². The molecule has 1 aliphatic rings. The first kappa shape index (κ1) is 8.34. The topological polar surface area (TPSA) is 20.2 Å². The molecule has 0 fully saturated rings. The minimum atomic E-state index is -0.223. The molecule has 2 rings (SSSR count). The second kappa shape index (κ2) is 3.24. The van der Waals surface area contributed by atoms with Crippen molar-refractivity contribution in [2.75, 3.05) is 0 Å². The number of thioether (sulfide) groups is 1. The summed E-state index contributed by atoms with van der Waals surface area (Å²) in [6.07, 6.45) is 0.661. The lowest BCUT2D eigenvalue weighted by molar-refractivity contribution is 0.170. The Balaban J connectivity index is 2.36. The van der Waals surface area contributed by atoms with Crippen molar-refractivity contribution in [3.63, 3.8) is 0 Å². The van der Waals surface area contributed by atoms with Crippen molar-refractivity contribution in [1.82, 2.24) is 0 Å². The van der Waals surface area contributed by atoms with Gasteiger partial charge in [-0.1, -0.05) is 22.6 Å². The van der Waals surface area contributed by atoms with Gasteiger partial charge in [0.1, 0.15) is 0 Å². The molecule has 1 aromatic heterocycles. The monoisotopic (exact) mass is 298 g/mol. The van der Waals surface area contributed by atoms with E-state index in [9.17, 15) is 5.11 Å². The van der Waals surface area contributed by atoms with Gasteiger partial charge in [0.25, 0.3) is 0 Å². The minimum Gasteiger partial charge on any atom is -0.388 e. The lowest BCUT2D eigenvalue weighted by Crippen LogP contribution is -2.08. The summed E-state index contributed by atoms with van der Waals surface area (Å²) in [5, 5.41) is 11.7. The fourth-order valence-electron chi connectivity index (χ4n) is 1.11. The van der Waals surface area contributed by atoms with Gasteiger partial charge in [0, 0.05) is 5.56 Å². The molecule has 0 unspecified atom stereocenters. The molecule has 0 spiro atoms. The molecule has 1 aliphatic heterocycles. The van der Waals surface area contributed by atoms with Gasteiger partial charge >= 0.3 is 0 Å². The summed E-state index contributed by atoms with van der Waals surface area (Å²) >= 11 is 5.97. The van der Waals surface area contributed by atoms with Crippen LogP contribution >= 0.6 is 45.7 Å². The standard InChI is InChI=1S/C7H7IOS2/c8-6-3-5(9)4-1-2-10-7(4)11-6/h1-2,5-6,9H,3H2/t5-,6+/m0/s1. The molecule has 0 radical (unpaired) electrons. The molecule has 0 aromatic carbocycles. The van der Waals surface area contributed by atoms with Gasteiger partial charge in [-0.05, 0) is 17.9 Å². The van der Waals surface area contributed by atoms with E-state index in [0.717, 1.165) is 12.0 Å². The Labute approximate surface area is 87.3 Å². The Bertz CT molecular complexity index is 261. The van der Waals surface area contributed by atoms with Crippen LogP contribution in [0.3, 0.4) is 0 Å². The smallest absolute Gasteiger partial charge is 0.0827 e. The summed E-state index contributed by atoms with van der Waals surface area (Å²) in [5.41, 5.74) is 1.13. The van der Waals surface area contributed by atoms with E-state index in [2.05, 4.69) is 28.0 Å². The highest BCUT2D eigenvalue weighted by Crippen LogP contribution is 2.45. The lowest BCUT2D eigenvalue weighted by Gasteiger charge is -2.21. The maximum Gasteiger partial charge on any atom is 0.0827 e. The molecule has 2 atom stereocenters. The van der Waals surface area contributed by atoms with E-state index in [4.69, 9.17) is 0 Å². The van der Waals surface area contributed by atoms with Crippen LogP contribution in [0.5, 0.6) is 0 Å². The lowest BCUT2D eigenvalue weighted by atomic mass is 10.1. The fourth-order valence-corrected chi connectivity index (χ4v) is 5.14. The number of halogens is 1. The number of alkyl halides is 1. The van der Waals surface area contributed by atoms with Gasteiger partial charge in [-0.15, -0.1) is 23.1 Å². The van der Waals surface area contributed by atoms with Crippen LogP contribution in [0.15, 0.2) is 15.7 Å². The van der Waals surface area contributed by atoms with Crippen LogP contribution in [-0.4, -0.2) is 8.36 Å². The quantitative estimate of drug-likeness (QED) is 0.587. The first-order valence-corrected chi connectivity index (χ1v) is 6.34. The molecule has 2 heterocycles. The molecule has 0 bridgehead atoms. The number of hydrogen-bond donors (Lipinski definition) is 1. The molecule has 11 heavy (non-hydrogen) atoms. The summed E-state index contributed by atoms with van der Waals surface area (Å²) in [5.74, 6) is 0. The second-order valence-corrected chi connectivity index (χ2v) is 7.18. The molecule has 0 amide bonds. The van der Waals surface area contributed by atoms with Crippen LogP contribution in [0.4, 0.5) is 0 Å². The van der Waals surface area contributed by atoms with Gasteiger partial charge in [0.2, 0.25) is 0 Å². The van der Waals surface area contributed by atoms with Crippen molar-refractivity contribution < 1.29 is 5.11 Å². The Morgan fingerprint density at radius 2 is 2.45 bits per heavy atom. The van der Waals surface area contributed by atoms with Crippen LogP contribution in [0, 0.1) is 0 Å². The molecule has 4 heteroatoms. The number of thiophene rings is 1. The zero-order valence-electron chi connectivity index (χ0n) is 5.66. The van der Waals surface area contributed by atoms with Gasteiger partial charge in [-0.25, -0.2) is 0 Å². The van der Waals surface area contributed by atoms with E-state index in [0.29, 0.717) is 3.26 Å². The molecule has 0 saturated heterocycles. The van der Waals surface area contributed by atoms with E-state index in [-0.39, 0.29) is 6.10 Å². The second-order valence-electron chi connectivity index (χ2n) is 2.44. The van der Waals surface area contributed by atoms with E-state index in [1.54, 1.807) is 11.3 Å². The highest BCUT2D eigenvalue weighted by Gasteiger charge is 2.24. The maximum absolute atomic E-state index is 9.61. The molecule has 1 aromatic rings. The predicted octanol–water partition coefficient (Wildman–Crippen LogP) is 3.04. The Kier molecular flexibility index (Phi) is 2.46. The largest absolute Gasteiger partial charge is 0.388 e. The first-order chi connectivity index (χ1) is 5.27. The number of aliphatic hydroxyl groups excluding tert-OH is 1. The molecule has 0 saturated carbocycles. The van der Waals surface area contributed by atoms with Crippen LogP contribution < -0.4 is 0 Å². The minimum absolute atomic E-state index is 0.223. The Morgan fingerprint density at radius 1 is 1.64 bits per heavy atom. The van der Waals surface area contributed by atoms with Crippen molar-refractivity contribution in [1.29, 1.82) is 0 Å². The van der Waals surface area contributed by atoms with E-state index in [1.165, 1.54) is 4.21 Å². The highest BCUT2D eigenvalue weighted by atomic mass is 127. The summed E-state index contributed by atoms with van der Waals surface area (Å²) in [7, 11) is 0. The Morgan fingerprint density at radius 3 is 3.27 bits per heavy atom. The highest BCUT2D eigenvalue weighted by molar-refractivity contribution is 14.1. The maximum atomic E-state index is 9.61. The Hall–Kier alpha value is 0.740. The van der Waals surface area contributed by atoms with E-state index in [1.807, 2.05) is 17.8 Å². The molecule has 1 nitrogen and oxygen atoms in total. The normalized spacial score (nSPS) is 30.0. The van der Waals surface area contributed by atoms with Crippen molar-refractivity contribution in [2.45, 2.75) is 20.0 Å². The van der Waals surface area contributed by atoms with Crippen molar-refractivity contribution in [2.24, 2.45) is 0 Å². The van der Waals surface area contributed by atoms with Crippen molar-refractivity contribution >= 4 is 45.7 Å². The molecular weight excluding hydrogens is 291 g/mol. The summed E-state index contributed by atoms with van der Waals surface area (Å²) in [6, 6.07) is 2.03. The van der Waals surface area contributed by atoms with Crippen LogP contribution in [0.25, 0.3) is 0 Å². The van der Waals surface area contributed by atoms with Gasteiger partial charge in [-0.3, -0.25) is 0 Å². The van der Waals surface area contributed by atoms with Gasteiger partial charge in [-0.2, -0.15) is 0 Å². The SMILES string of the molecule is O[C@H]1C[C@H](I)Sc2sccc21. The molecule has 1 N–H and O–H groups in total. The third-order valence-corrected chi connectivity index (χ3v) is 5.13.